The van der Waals surface area contributed by atoms with Crippen LogP contribution in [0.4, 0.5) is 11.4 Å². The Labute approximate surface area is 390 Å². The van der Waals surface area contributed by atoms with Crippen LogP contribution in [0.5, 0.6) is 0 Å². The van der Waals surface area contributed by atoms with Crippen molar-refractivity contribution in [3.8, 4) is 0 Å². The highest BCUT2D eigenvalue weighted by Crippen LogP contribution is 2.43. The number of hydrogen-bond acceptors (Lipinski definition) is 8. The summed E-state index contributed by atoms with van der Waals surface area (Å²) in [6.07, 6.45) is 1.74. The summed E-state index contributed by atoms with van der Waals surface area (Å²) >= 11 is 3.41. The van der Waals surface area contributed by atoms with E-state index in [4.69, 9.17) is 27.9 Å². The Morgan fingerprint density at radius 1 is 0.453 bits per heavy atom. The smallest absolute Gasteiger partial charge is 0.405 e. The average Bonchev–Trinajstić information content (AvgIpc) is 3.98. The largest absolute Gasteiger partial charge is 0.494 e. The molecule has 5 saturated heterocycles. The second kappa shape index (κ2) is 18.2. The van der Waals surface area contributed by atoms with Crippen molar-refractivity contribution in [2.45, 2.75) is 141 Å². The fourth-order valence-corrected chi connectivity index (χ4v) is 8.54. The van der Waals surface area contributed by atoms with Crippen molar-refractivity contribution in [2.24, 2.45) is 0 Å². The summed E-state index contributed by atoms with van der Waals surface area (Å²) in [5, 5.41) is 0. The van der Waals surface area contributed by atoms with Crippen molar-refractivity contribution < 1.29 is 37.5 Å². The van der Waals surface area contributed by atoms with Crippen LogP contribution >= 0.6 is 15.9 Å². The lowest BCUT2D eigenvalue weighted by atomic mass is 9.49. The van der Waals surface area contributed by atoms with Crippen molar-refractivity contribution in [1.82, 2.24) is 0 Å². The minimum Gasteiger partial charge on any atom is -0.405 e. The summed E-state index contributed by atoms with van der Waals surface area (Å²) in [4.78, 5) is 29.2. The minimum atomic E-state index is -0.476. The molecule has 5 heterocycles. The van der Waals surface area contributed by atoms with Gasteiger partial charge in [0.2, 0.25) is 11.8 Å². The lowest BCUT2D eigenvalue weighted by molar-refractivity contribution is -0.119. The van der Waals surface area contributed by atoms with Crippen LogP contribution in [0, 0.1) is 0 Å². The van der Waals surface area contributed by atoms with Gasteiger partial charge in [-0.1, -0.05) is 88.7 Å². The first-order valence-corrected chi connectivity index (χ1v) is 23.4. The van der Waals surface area contributed by atoms with E-state index in [1.54, 1.807) is 0 Å². The van der Waals surface area contributed by atoms with Crippen LogP contribution in [0.3, 0.4) is 0 Å². The van der Waals surface area contributed by atoms with Gasteiger partial charge in [-0.05, 0) is 149 Å². The highest BCUT2D eigenvalue weighted by atomic mass is 79.9. The van der Waals surface area contributed by atoms with Gasteiger partial charge < -0.3 is 37.7 Å². The Kier molecular flexibility index (Phi) is 13.7. The summed E-state index contributed by atoms with van der Waals surface area (Å²) in [7, 11) is -1.33. The first-order chi connectivity index (χ1) is 29.9. The van der Waals surface area contributed by atoms with Crippen LogP contribution < -0.4 is 15.3 Å². The second-order valence-electron chi connectivity index (χ2n) is 20.4. The lowest BCUT2D eigenvalue weighted by Crippen LogP contribution is -2.41. The van der Waals surface area contributed by atoms with Crippen LogP contribution in [0.15, 0.2) is 114 Å². The molecule has 0 bridgehead atoms. The van der Waals surface area contributed by atoms with E-state index >= 15 is 0 Å². The molecule has 5 aliphatic heterocycles. The van der Waals surface area contributed by atoms with E-state index in [1.807, 2.05) is 202 Å². The van der Waals surface area contributed by atoms with Gasteiger partial charge in [-0.2, -0.15) is 0 Å². The van der Waals surface area contributed by atoms with Gasteiger partial charge in [0.1, 0.15) is 0 Å². The summed E-state index contributed by atoms with van der Waals surface area (Å²) in [6.45, 7) is 25.9. The Bertz CT molecular complexity index is 2180. The average molecular weight is 933 g/mol. The predicted octanol–water partition coefficient (Wildman–Crippen LogP) is 9.73. The van der Waals surface area contributed by atoms with Gasteiger partial charge in [0, 0.05) is 28.9 Å². The van der Waals surface area contributed by atoms with Crippen LogP contribution in [0.25, 0.3) is 0 Å². The zero-order valence-electron chi connectivity index (χ0n) is 39.6. The van der Waals surface area contributed by atoms with E-state index in [1.165, 1.54) is 0 Å². The maximum Gasteiger partial charge on any atom is 0.494 e. The molecule has 9 rings (SSSR count). The van der Waals surface area contributed by atoms with Crippen molar-refractivity contribution in [2.75, 3.05) is 22.9 Å². The zero-order chi connectivity index (χ0) is 46.5. The van der Waals surface area contributed by atoms with Gasteiger partial charge in [0.25, 0.3) is 0 Å². The second-order valence-corrected chi connectivity index (χ2v) is 21.3. The Balaban J connectivity index is 0.000000148. The van der Waals surface area contributed by atoms with E-state index < -0.39 is 14.0 Å². The predicted molar refractivity (Wildman–Crippen MR) is 261 cm³/mol. The fraction of sp³-hybridized carbons (Fsp3) is 0.480. The van der Waals surface area contributed by atoms with Gasteiger partial charge in [-0.15, -0.1) is 0 Å². The summed E-state index contributed by atoms with van der Waals surface area (Å²) in [5.74, 6) is 0.330. The molecule has 0 N–H and O–H groups in total. The minimum absolute atomic E-state index is 0.00449. The van der Waals surface area contributed by atoms with Crippen molar-refractivity contribution >= 4 is 65.7 Å². The van der Waals surface area contributed by atoms with Crippen molar-refractivity contribution in [1.29, 1.82) is 0 Å². The first-order valence-electron chi connectivity index (χ1n) is 22.6. The molecular formula is C50H64B3BrN2O8. The highest BCUT2D eigenvalue weighted by molar-refractivity contribution is 9.10. The standard InChI is InChI=1S/C22H26BNO3.C16H14BrNO.C12H24B2O4/c1-21(2)22(3,4)27-23(26-21)17-10-12-18(13-11-17)24-15-14-19(20(24)25)16-8-6-5-7-9-16;17-13-6-8-14(9-7-13)18-11-10-15(16(18)19)12-4-2-1-3-5-12;1-9(2)10(3,4)16-13(15-9)14-17-11(5,6)12(7,8)18-14/h5-13,19H,14-15H2,1-4H3;1-9,15H,10-11H2;1-8H3. The first kappa shape index (κ1) is 48.2. The normalized spacial score (nSPS) is 24.7. The maximum atomic E-state index is 12.9. The van der Waals surface area contributed by atoms with Crippen molar-refractivity contribution in [3.63, 3.8) is 0 Å². The Morgan fingerprint density at radius 3 is 1.11 bits per heavy atom. The third-order valence-corrected chi connectivity index (χ3v) is 15.0. The molecule has 2 atom stereocenters. The maximum absolute atomic E-state index is 12.9. The van der Waals surface area contributed by atoms with E-state index in [-0.39, 0.29) is 64.4 Å². The molecule has 0 saturated carbocycles. The van der Waals surface area contributed by atoms with Gasteiger partial charge >= 0.3 is 21.1 Å². The fourth-order valence-electron chi connectivity index (χ4n) is 8.27. The molecule has 64 heavy (non-hydrogen) atoms. The van der Waals surface area contributed by atoms with Gasteiger partial charge in [0.15, 0.2) is 0 Å². The van der Waals surface area contributed by atoms with Crippen LogP contribution in [0.2, 0.25) is 0 Å². The topological polar surface area (TPSA) is 96.0 Å². The molecule has 0 spiro atoms. The van der Waals surface area contributed by atoms with E-state index in [0.717, 1.165) is 58.4 Å². The van der Waals surface area contributed by atoms with E-state index in [9.17, 15) is 9.59 Å². The quantitative estimate of drug-likeness (QED) is 0.177. The number of carbonyl (C=O) groups excluding carboxylic acids is 2. The molecule has 0 aromatic heterocycles. The molecular weight excluding hydrogens is 869 g/mol. The molecule has 4 aromatic carbocycles. The number of halogens is 1. The molecule has 5 fully saturated rings. The number of benzene rings is 4. The van der Waals surface area contributed by atoms with Crippen LogP contribution in [-0.2, 0) is 37.5 Å². The van der Waals surface area contributed by atoms with E-state index in [2.05, 4.69) is 15.9 Å². The van der Waals surface area contributed by atoms with Crippen LogP contribution in [0.1, 0.15) is 119 Å². The van der Waals surface area contributed by atoms with Crippen LogP contribution in [-0.4, -0.2) is 79.6 Å². The van der Waals surface area contributed by atoms with Gasteiger partial charge in [-0.25, -0.2) is 0 Å². The molecule has 4 aromatic rings. The molecule has 5 aliphatic rings. The molecule has 0 radical (unpaired) electrons. The molecule has 2 unspecified atom stereocenters. The number of amides is 2. The Hall–Kier alpha value is -3.75. The third kappa shape index (κ3) is 9.85. The molecule has 2 amide bonds. The monoisotopic (exact) mass is 932 g/mol. The number of nitrogens with zero attached hydrogens (tertiary/aromatic N) is 2. The molecule has 338 valence electrons. The van der Waals surface area contributed by atoms with Crippen molar-refractivity contribution in [3.05, 3.63) is 125 Å². The van der Waals surface area contributed by atoms with E-state index in [0.29, 0.717) is 0 Å². The number of hydrogen-bond donors (Lipinski definition) is 0. The summed E-state index contributed by atoms with van der Waals surface area (Å²) in [5.41, 5.74) is 2.94. The number of rotatable bonds is 6. The summed E-state index contributed by atoms with van der Waals surface area (Å²) in [6, 6.07) is 36.0. The lowest BCUT2D eigenvalue weighted by Gasteiger charge is -2.32. The zero-order valence-corrected chi connectivity index (χ0v) is 41.2. The molecule has 0 aliphatic carbocycles. The molecule has 10 nitrogen and oxygen atoms in total. The highest BCUT2D eigenvalue weighted by Gasteiger charge is 2.63. The molecule has 14 heteroatoms. The van der Waals surface area contributed by atoms with Gasteiger partial charge in [0.05, 0.1) is 45.4 Å². The number of carbonyl (C=O) groups is 2. The summed E-state index contributed by atoms with van der Waals surface area (Å²) < 4.78 is 37.1. The van der Waals surface area contributed by atoms with Gasteiger partial charge in [-0.3, -0.25) is 9.59 Å². The Morgan fingerprint density at radius 2 is 0.766 bits per heavy atom. The number of anilines is 2. The third-order valence-electron chi connectivity index (χ3n) is 14.4. The SMILES string of the molecule is CC1(C)OB(B2OC(C)(C)C(C)(C)O2)OC1(C)C.CC1(C)OB(c2ccc(N3CCC(c4ccccc4)C3=O)cc2)OC1(C)C.O=C1C(c2ccccc2)CCN1c1ccc(Br)cc1.